The first-order valence-corrected chi connectivity index (χ1v) is 27.3. The molecular weight excluding hydrogens is 1000 g/mol. The normalized spacial score (nSPS) is 19.5. The fourth-order valence-electron chi connectivity index (χ4n) is 9.68. The quantitative estimate of drug-likeness (QED) is 0.0253. The Morgan fingerprint density at radius 3 is 2.25 bits per heavy atom. The number of ether oxygens (including phenoxy) is 3. The van der Waals surface area contributed by atoms with E-state index in [9.17, 15) is 32.4 Å². The van der Waals surface area contributed by atoms with E-state index in [4.69, 9.17) is 19.9 Å². The van der Waals surface area contributed by atoms with Crippen molar-refractivity contribution >= 4 is 56.5 Å². The van der Waals surface area contributed by atoms with Crippen molar-refractivity contribution in [3.05, 3.63) is 148 Å². The van der Waals surface area contributed by atoms with Crippen molar-refractivity contribution < 1.29 is 46.6 Å². The van der Waals surface area contributed by atoms with Gasteiger partial charge >= 0.3 is 6.09 Å². The summed E-state index contributed by atoms with van der Waals surface area (Å²) >= 11 is 0. The van der Waals surface area contributed by atoms with Crippen LogP contribution >= 0.6 is 0 Å². The number of carbonyl (C=O) groups is 5. The Bertz CT molecular complexity index is 3120. The summed E-state index contributed by atoms with van der Waals surface area (Å²) in [6.45, 7) is 8.97. The molecule has 5 aromatic rings. The molecule has 2 aliphatic rings. The molecular formula is C58H70N8O10S. The third kappa shape index (κ3) is 15.4. The van der Waals surface area contributed by atoms with E-state index in [2.05, 4.69) is 36.3 Å². The topological polar surface area (TPSA) is 258 Å². The average Bonchev–Trinajstić information content (AvgIpc) is 3.81. The largest absolute Gasteiger partial charge is 0.497 e. The number of nitrogens with zero attached hydrogens (tertiary/aromatic N) is 1. The summed E-state index contributed by atoms with van der Waals surface area (Å²) in [7, 11) is -2.65. The first kappa shape index (κ1) is 56.8. The summed E-state index contributed by atoms with van der Waals surface area (Å²) in [4.78, 5) is 74.2. The highest BCUT2D eigenvalue weighted by atomic mass is 32.2. The molecule has 0 spiro atoms. The Morgan fingerprint density at radius 2 is 1.49 bits per heavy atom. The standard InChI is InChI=1S/C58H70N8O10S/c1-36-37(2)52(38(3)47-33-58(4,5)76-51(36)47)77(72,73)66-56(59)60-29-14-22-48-55(70)65-49(32-43-19-12-18-41-17-10-11-21-46(41)43)54(69)62-34-50(67)63-44(31-39-23-27-45(74-6)28-24-39)26-25-42(53(68)64-48)20-13-30-61-57(71)75-35-40-15-8-7-9-16-40/h7-12,15-19,21,23-28,42,44,48-49H,13-14,20,22,29-35H2,1-6H3,(H,61,71)(H,62,69)(H,63,67)(H,64,68)(H,65,70)(H3,59,60,66)/b26-25+/t42-,44-,48-,49-/m0/s1. The van der Waals surface area contributed by atoms with E-state index in [0.29, 0.717) is 41.9 Å². The average molecular weight is 1070 g/mol. The minimum absolute atomic E-state index is 0.00684. The number of rotatable bonds is 17. The molecule has 0 unspecified atom stereocenters. The zero-order valence-electron chi connectivity index (χ0n) is 44.5. The van der Waals surface area contributed by atoms with Crippen molar-refractivity contribution in [2.24, 2.45) is 16.6 Å². The van der Waals surface area contributed by atoms with Crippen LogP contribution in [0, 0.1) is 26.7 Å². The molecule has 7 rings (SSSR count). The maximum atomic E-state index is 14.6. The van der Waals surface area contributed by atoms with Crippen LogP contribution in [0.4, 0.5) is 4.79 Å². The summed E-state index contributed by atoms with van der Waals surface area (Å²) in [6.07, 6.45) is 4.30. The van der Waals surface area contributed by atoms with Gasteiger partial charge in [-0.2, -0.15) is 0 Å². The van der Waals surface area contributed by atoms with Gasteiger partial charge in [-0.25, -0.2) is 17.9 Å². The molecule has 0 aromatic heterocycles. The highest BCUT2D eigenvalue weighted by Gasteiger charge is 2.37. The molecule has 0 fully saturated rings. The molecule has 4 atom stereocenters. The third-order valence-corrected chi connectivity index (χ3v) is 15.4. The number of nitrogens with one attached hydrogen (secondary N) is 6. The lowest BCUT2D eigenvalue weighted by Crippen LogP contribution is -2.55. The van der Waals surface area contributed by atoms with Crippen LogP contribution in [-0.4, -0.2) is 94.6 Å². The maximum Gasteiger partial charge on any atom is 0.407 e. The molecule has 19 heteroatoms. The number of methoxy groups -OCH3 is 1. The van der Waals surface area contributed by atoms with Gasteiger partial charge in [0.2, 0.25) is 29.6 Å². The maximum absolute atomic E-state index is 14.6. The van der Waals surface area contributed by atoms with Gasteiger partial charge in [0, 0.05) is 31.5 Å². The molecule has 77 heavy (non-hydrogen) atoms. The molecule has 0 radical (unpaired) electrons. The molecule has 0 saturated carbocycles. The van der Waals surface area contributed by atoms with E-state index in [1.54, 1.807) is 45.2 Å². The minimum atomic E-state index is -4.21. The number of hydrogen-bond donors (Lipinski definition) is 7. The molecule has 0 aliphatic carbocycles. The van der Waals surface area contributed by atoms with E-state index in [0.717, 1.165) is 38.6 Å². The van der Waals surface area contributed by atoms with Crippen molar-refractivity contribution in [1.29, 1.82) is 0 Å². The lowest BCUT2D eigenvalue weighted by molar-refractivity contribution is -0.133. The van der Waals surface area contributed by atoms with Gasteiger partial charge in [-0.15, -0.1) is 0 Å². The van der Waals surface area contributed by atoms with E-state index < -0.39 is 75.9 Å². The van der Waals surface area contributed by atoms with E-state index in [1.807, 2.05) is 106 Å². The number of amides is 5. The number of benzene rings is 5. The van der Waals surface area contributed by atoms with Gasteiger partial charge in [-0.05, 0) is 123 Å². The number of carbonyl (C=O) groups excluding carboxylic acids is 5. The summed E-state index contributed by atoms with van der Waals surface area (Å²) in [5.74, 6) is -2.25. The zero-order chi connectivity index (χ0) is 55.3. The van der Waals surface area contributed by atoms with Crippen molar-refractivity contribution in [2.45, 2.75) is 115 Å². The van der Waals surface area contributed by atoms with E-state index in [1.165, 1.54) is 0 Å². The van der Waals surface area contributed by atoms with Crippen LogP contribution in [0.3, 0.4) is 0 Å². The smallest absolute Gasteiger partial charge is 0.407 e. The predicted molar refractivity (Wildman–Crippen MR) is 295 cm³/mol. The molecule has 5 amide bonds. The number of alkyl carbamates (subject to hydrolysis) is 1. The Morgan fingerprint density at radius 1 is 0.779 bits per heavy atom. The van der Waals surface area contributed by atoms with Crippen LogP contribution < -0.4 is 46.5 Å². The molecule has 2 heterocycles. The summed E-state index contributed by atoms with van der Waals surface area (Å²) in [5, 5.41) is 16.1. The molecule has 18 nitrogen and oxygen atoms in total. The van der Waals surface area contributed by atoms with Gasteiger partial charge in [0.1, 0.15) is 35.8 Å². The monoisotopic (exact) mass is 1070 g/mol. The number of sulfonamides is 1. The van der Waals surface area contributed by atoms with Crippen LogP contribution in [0.1, 0.15) is 78.5 Å². The van der Waals surface area contributed by atoms with Crippen molar-refractivity contribution in [1.82, 2.24) is 31.3 Å². The fraction of sp³-hybridized carbons (Fsp3) is 0.379. The summed E-state index contributed by atoms with van der Waals surface area (Å²) < 4.78 is 47.3. The van der Waals surface area contributed by atoms with Gasteiger partial charge in [-0.1, -0.05) is 97.1 Å². The Balaban J connectivity index is 1.14. The SMILES string of the molecule is COc1ccc(C[C@@H]2/C=C/[C@H](CCCNC(=O)OCc3ccccc3)C(=O)N[C@@H](CCCN=C(N)NS(=O)(=O)c3c(C)c(C)c4c(c3C)CC(C)(C)O4)C(=O)N[C@@H](Cc3cccc4ccccc34)C(=O)NCC(=O)N2)cc1. The number of aliphatic imine (C=N–C) groups is 1. The first-order valence-electron chi connectivity index (χ1n) is 25.9. The van der Waals surface area contributed by atoms with Crippen molar-refractivity contribution in [3.63, 3.8) is 0 Å². The van der Waals surface area contributed by atoms with Crippen LogP contribution in [0.15, 0.2) is 119 Å². The van der Waals surface area contributed by atoms with Crippen molar-refractivity contribution in [2.75, 3.05) is 26.7 Å². The third-order valence-electron chi connectivity index (χ3n) is 13.8. The van der Waals surface area contributed by atoms with Gasteiger partial charge < -0.3 is 46.5 Å². The van der Waals surface area contributed by atoms with Gasteiger partial charge in [0.25, 0.3) is 10.0 Å². The Labute approximate surface area is 450 Å². The first-order chi connectivity index (χ1) is 36.8. The molecule has 2 aliphatic heterocycles. The second-order valence-electron chi connectivity index (χ2n) is 20.1. The summed E-state index contributed by atoms with van der Waals surface area (Å²) in [5.41, 5.74) is 10.8. The van der Waals surface area contributed by atoms with Gasteiger partial charge in [-0.3, -0.25) is 24.2 Å². The highest BCUT2D eigenvalue weighted by molar-refractivity contribution is 7.90. The van der Waals surface area contributed by atoms with Gasteiger partial charge in [0.05, 0.1) is 30.5 Å². The number of hydrogen-bond acceptors (Lipinski definition) is 11. The number of nitrogens with two attached hydrogens (primary N) is 1. The Hall–Kier alpha value is -7.93. The van der Waals surface area contributed by atoms with E-state index >= 15 is 0 Å². The van der Waals surface area contributed by atoms with Gasteiger partial charge in [0.15, 0.2) is 0 Å². The Kier molecular flexibility index (Phi) is 19.0. The second kappa shape index (κ2) is 25.7. The van der Waals surface area contributed by atoms with Crippen LogP contribution in [0.25, 0.3) is 10.8 Å². The van der Waals surface area contributed by atoms with Crippen LogP contribution in [-0.2, 0) is 59.8 Å². The lowest BCUT2D eigenvalue weighted by atomic mass is 9.94. The predicted octanol–water partition coefficient (Wildman–Crippen LogP) is 5.81. The van der Waals surface area contributed by atoms with Crippen LogP contribution in [0.2, 0.25) is 0 Å². The number of fused-ring (bicyclic) bond motifs is 2. The minimum Gasteiger partial charge on any atom is -0.497 e. The molecule has 0 bridgehead atoms. The number of guanidine groups is 1. The summed E-state index contributed by atoms with van der Waals surface area (Å²) in [6, 6.07) is 26.8. The zero-order valence-corrected chi connectivity index (χ0v) is 45.3. The molecule has 8 N–H and O–H groups in total. The fourth-order valence-corrected chi connectivity index (χ4v) is 11.2. The van der Waals surface area contributed by atoms with Crippen molar-refractivity contribution in [3.8, 4) is 11.5 Å². The molecule has 408 valence electrons. The lowest BCUT2D eigenvalue weighted by Gasteiger charge is -2.25. The van der Waals surface area contributed by atoms with Crippen LogP contribution in [0.5, 0.6) is 11.5 Å². The molecule has 0 saturated heterocycles. The molecule has 5 aromatic carbocycles. The van der Waals surface area contributed by atoms with E-state index in [-0.39, 0.29) is 56.2 Å². The second-order valence-corrected chi connectivity index (χ2v) is 21.7. The highest BCUT2D eigenvalue weighted by Crippen LogP contribution is 2.43.